The van der Waals surface area contributed by atoms with Gasteiger partial charge in [0.25, 0.3) is 0 Å². The van der Waals surface area contributed by atoms with Crippen molar-refractivity contribution >= 4 is 5.69 Å². The third-order valence-corrected chi connectivity index (χ3v) is 4.91. The van der Waals surface area contributed by atoms with Crippen LogP contribution in [0.4, 0.5) is 5.69 Å². The van der Waals surface area contributed by atoms with E-state index in [-0.39, 0.29) is 0 Å². The van der Waals surface area contributed by atoms with Crippen LogP contribution in [0.25, 0.3) is 0 Å². The summed E-state index contributed by atoms with van der Waals surface area (Å²) in [7, 11) is 0. The van der Waals surface area contributed by atoms with Gasteiger partial charge in [-0.3, -0.25) is 0 Å². The summed E-state index contributed by atoms with van der Waals surface area (Å²) in [5.74, 6) is 0.636. The molecule has 0 fully saturated rings. The van der Waals surface area contributed by atoms with Gasteiger partial charge in [-0.25, -0.2) is 0 Å². The molecule has 162 valence electrons. The van der Waals surface area contributed by atoms with E-state index in [0.29, 0.717) is 17.2 Å². The van der Waals surface area contributed by atoms with Gasteiger partial charge in [-0.1, -0.05) is 92.4 Å². The van der Waals surface area contributed by atoms with Crippen LogP contribution in [0.5, 0.6) is 0 Å². The van der Waals surface area contributed by atoms with Gasteiger partial charge >= 0.3 is 0 Å². The van der Waals surface area contributed by atoms with Crippen molar-refractivity contribution in [3.05, 3.63) is 126 Å². The zero-order valence-electron chi connectivity index (χ0n) is 18.8. The van der Waals surface area contributed by atoms with Gasteiger partial charge in [0, 0.05) is 5.69 Å². The fourth-order valence-electron chi connectivity index (χ4n) is 3.15. The second-order valence-electron chi connectivity index (χ2n) is 7.43. The first-order chi connectivity index (χ1) is 15.0. The summed E-state index contributed by atoms with van der Waals surface area (Å²) in [5.41, 5.74) is 12.0. The number of nitrogens with one attached hydrogen (secondary N) is 2. The Balaban J connectivity index is 0.000000357. The predicted molar refractivity (Wildman–Crippen MR) is 135 cm³/mol. The van der Waals surface area contributed by atoms with Crippen molar-refractivity contribution in [1.29, 1.82) is 0 Å². The minimum atomic E-state index is 0.603. The van der Waals surface area contributed by atoms with Gasteiger partial charge in [-0.2, -0.15) is 0 Å². The van der Waals surface area contributed by atoms with Gasteiger partial charge in [-0.05, 0) is 55.9 Å². The van der Waals surface area contributed by atoms with Crippen LogP contribution in [0.1, 0.15) is 44.2 Å². The van der Waals surface area contributed by atoms with Crippen molar-refractivity contribution in [2.24, 2.45) is 5.73 Å². The summed E-state index contributed by atoms with van der Waals surface area (Å²) in [4.78, 5) is 0. The Morgan fingerprint density at radius 2 is 1.77 bits per heavy atom. The quantitative estimate of drug-likeness (QED) is 0.417. The van der Waals surface area contributed by atoms with Crippen LogP contribution in [0.2, 0.25) is 0 Å². The molecule has 0 spiro atoms. The lowest BCUT2D eigenvalue weighted by Gasteiger charge is -2.15. The highest BCUT2D eigenvalue weighted by atomic mass is 15.1. The van der Waals surface area contributed by atoms with Crippen LogP contribution < -0.4 is 16.4 Å². The van der Waals surface area contributed by atoms with Gasteiger partial charge in [0.15, 0.2) is 0 Å². The molecule has 0 atom stereocenters. The first-order valence-corrected chi connectivity index (χ1v) is 10.8. The van der Waals surface area contributed by atoms with E-state index in [2.05, 4.69) is 85.3 Å². The average Bonchev–Trinajstić information content (AvgIpc) is 2.80. The summed E-state index contributed by atoms with van der Waals surface area (Å²) < 4.78 is 0. The van der Waals surface area contributed by atoms with Crippen molar-refractivity contribution in [2.75, 3.05) is 5.32 Å². The van der Waals surface area contributed by atoms with Gasteiger partial charge in [0.1, 0.15) is 5.82 Å². The molecule has 2 aromatic carbocycles. The zero-order chi connectivity index (χ0) is 22.5. The van der Waals surface area contributed by atoms with E-state index in [9.17, 15) is 0 Å². The van der Waals surface area contributed by atoms with E-state index in [0.717, 1.165) is 12.1 Å². The normalized spacial score (nSPS) is 12.8. The molecular weight excluding hydrogens is 378 g/mol. The molecule has 0 saturated heterocycles. The molecular formula is C28H35N3. The first-order valence-electron chi connectivity index (χ1n) is 10.8. The number of nitrogens with two attached hydrogens (primary N) is 1. The van der Waals surface area contributed by atoms with Gasteiger partial charge in [-0.15, -0.1) is 0 Å². The third-order valence-electron chi connectivity index (χ3n) is 4.91. The highest BCUT2D eigenvalue weighted by Gasteiger charge is 2.02. The summed E-state index contributed by atoms with van der Waals surface area (Å²) in [6.45, 7) is 11.9. The minimum absolute atomic E-state index is 0.603. The molecule has 0 unspecified atom stereocenters. The fourth-order valence-corrected chi connectivity index (χ4v) is 3.15. The van der Waals surface area contributed by atoms with Gasteiger partial charge in [0.05, 0.1) is 11.4 Å². The maximum Gasteiger partial charge on any atom is 0.100 e. The molecule has 0 saturated carbocycles. The lowest BCUT2D eigenvalue weighted by molar-refractivity contribution is 0.984. The highest BCUT2D eigenvalue weighted by molar-refractivity contribution is 5.51. The Labute approximate surface area is 187 Å². The molecule has 1 aliphatic carbocycles. The van der Waals surface area contributed by atoms with Crippen molar-refractivity contribution in [3.63, 3.8) is 0 Å². The Kier molecular flexibility index (Phi) is 9.96. The summed E-state index contributed by atoms with van der Waals surface area (Å²) in [6, 6.07) is 18.7. The molecule has 0 heterocycles. The van der Waals surface area contributed by atoms with Crippen LogP contribution in [-0.4, -0.2) is 0 Å². The Hall–Kier alpha value is -3.46. The van der Waals surface area contributed by atoms with E-state index in [4.69, 9.17) is 5.73 Å². The van der Waals surface area contributed by atoms with Gasteiger partial charge in [0.2, 0.25) is 0 Å². The molecule has 3 heteroatoms. The van der Waals surface area contributed by atoms with E-state index in [1.165, 1.54) is 36.0 Å². The van der Waals surface area contributed by atoms with Crippen LogP contribution in [0, 0.1) is 0 Å². The number of hydrogen-bond acceptors (Lipinski definition) is 3. The smallest absolute Gasteiger partial charge is 0.100 e. The topological polar surface area (TPSA) is 50.1 Å². The molecule has 4 N–H and O–H groups in total. The summed E-state index contributed by atoms with van der Waals surface area (Å²) in [5, 5.41) is 6.28. The number of hydrogen-bond donors (Lipinski definition) is 3. The zero-order valence-corrected chi connectivity index (χ0v) is 18.8. The number of anilines is 1. The number of rotatable bonds is 8. The molecule has 0 aromatic heterocycles. The van der Waals surface area contributed by atoms with E-state index in [1.807, 2.05) is 25.1 Å². The van der Waals surface area contributed by atoms with Crippen LogP contribution in [0.3, 0.4) is 0 Å². The van der Waals surface area contributed by atoms with Crippen molar-refractivity contribution < 1.29 is 0 Å². The molecule has 3 rings (SSSR count). The molecule has 0 amide bonds. The number of benzene rings is 2. The van der Waals surface area contributed by atoms with Gasteiger partial charge < -0.3 is 16.4 Å². The molecule has 0 radical (unpaired) electrons. The molecule has 3 nitrogen and oxygen atoms in total. The molecule has 2 aromatic rings. The second kappa shape index (κ2) is 13.0. The van der Waals surface area contributed by atoms with E-state index < -0.39 is 0 Å². The Morgan fingerprint density at radius 3 is 2.39 bits per heavy atom. The fraction of sp³-hybridized carbons (Fsp3) is 0.214. The Morgan fingerprint density at radius 1 is 1.03 bits per heavy atom. The van der Waals surface area contributed by atoms with Crippen LogP contribution in [-0.2, 0) is 6.42 Å². The summed E-state index contributed by atoms with van der Waals surface area (Å²) >= 11 is 0. The minimum Gasteiger partial charge on any atom is -0.397 e. The van der Waals surface area contributed by atoms with Crippen molar-refractivity contribution in [1.82, 2.24) is 5.32 Å². The lowest BCUT2D eigenvalue weighted by Crippen LogP contribution is -2.21. The molecule has 31 heavy (non-hydrogen) atoms. The molecule has 0 bridgehead atoms. The van der Waals surface area contributed by atoms with E-state index in [1.54, 1.807) is 6.08 Å². The molecule has 0 aliphatic heterocycles. The monoisotopic (exact) mass is 413 g/mol. The standard InChI is InChI=1S/C20H23N3.C8H12/c1-4-20(21)15(2)22-16(3)23-19-12-8-11-18(14-19)13-17-9-6-5-7-10-17;1-2-8-6-4-3-5-7-8/h4-12,14,22-23H,2-3,13,21H2,1H3;4,6-7H,2-3,5H2,1H3/b20-4-;. The maximum atomic E-state index is 5.80. The van der Waals surface area contributed by atoms with Crippen molar-refractivity contribution in [3.8, 4) is 0 Å². The highest BCUT2D eigenvalue weighted by Crippen LogP contribution is 2.16. The second-order valence-corrected chi connectivity index (χ2v) is 7.43. The Bertz CT molecular complexity index is 949. The number of allylic oxidation sites excluding steroid dienone is 5. The predicted octanol–water partition coefficient (Wildman–Crippen LogP) is 6.80. The van der Waals surface area contributed by atoms with Crippen LogP contribution >= 0.6 is 0 Å². The maximum absolute atomic E-state index is 5.80. The molecule has 1 aliphatic rings. The van der Waals surface area contributed by atoms with E-state index >= 15 is 0 Å². The average molecular weight is 414 g/mol. The summed E-state index contributed by atoms with van der Waals surface area (Å²) in [6.07, 6.45) is 13.2. The lowest BCUT2D eigenvalue weighted by atomic mass is 10.0. The van der Waals surface area contributed by atoms with Crippen molar-refractivity contribution in [2.45, 2.75) is 39.5 Å². The first kappa shape index (κ1) is 23.8. The van der Waals surface area contributed by atoms with Crippen LogP contribution in [0.15, 0.2) is 115 Å². The SMILES string of the molecule is C=C(NC(=C)/C(N)=C/C)Nc1cccc(Cc2ccccc2)c1.CCC1=CCCC=C1. The third kappa shape index (κ3) is 8.83. The largest absolute Gasteiger partial charge is 0.397 e.